The number of amides is 1. The van der Waals surface area contributed by atoms with Crippen molar-refractivity contribution in [1.82, 2.24) is 0 Å². The Kier molecular flexibility index (Phi) is 6.04. The fraction of sp³-hybridized carbons (Fsp3) is 0.333. The maximum absolute atomic E-state index is 12.8. The number of hydrogen-bond donors (Lipinski definition) is 1. The number of sulfonamides is 1. The van der Waals surface area contributed by atoms with Crippen molar-refractivity contribution in [2.45, 2.75) is 43.5 Å². The van der Waals surface area contributed by atoms with Gasteiger partial charge in [0.05, 0.1) is 10.8 Å². The molecule has 2 atom stereocenters. The Bertz CT molecular complexity index is 1020. The van der Waals surface area contributed by atoms with Gasteiger partial charge in [-0.05, 0) is 49.1 Å². The van der Waals surface area contributed by atoms with E-state index in [1.807, 2.05) is 44.2 Å². The molecule has 0 fully saturated rings. The quantitative estimate of drug-likeness (QED) is 0.728. The van der Waals surface area contributed by atoms with E-state index in [1.165, 1.54) is 12.1 Å². The summed E-state index contributed by atoms with van der Waals surface area (Å²) in [5.41, 5.74) is 2.18. The highest BCUT2D eigenvalue weighted by Crippen LogP contribution is 2.34. The molecule has 2 aromatic rings. The molecule has 154 valence electrons. The summed E-state index contributed by atoms with van der Waals surface area (Å²) in [5, 5.41) is 5.18. The van der Waals surface area contributed by atoms with E-state index in [4.69, 9.17) is 9.88 Å². The van der Waals surface area contributed by atoms with E-state index in [0.29, 0.717) is 18.5 Å². The van der Waals surface area contributed by atoms with E-state index in [2.05, 4.69) is 0 Å². The molecule has 1 amide bonds. The predicted molar refractivity (Wildman–Crippen MR) is 109 cm³/mol. The maximum atomic E-state index is 12.8. The second-order valence-corrected chi connectivity index (χ2v) is 8.69. The summed E-state index contributed by atoms with van der Waals surface area (Å²) >= 11 is 0. The van der Waals surface area contributed by atoms with Crippen LogP contribution in [0.4, 0.5) is 5.69 Å². The SMILES string of the molecule is CCC(C(=O)OCC(=O)N1c2ccc(S(N)(=O)=O)cc2CC1C)c1ccccc1. The Morgan fingerprint density at radius 2 is 1.90 bits per heavy atom. The molecule has 2 aromatic carbocycles. The van der Waals surface area contributed by atoms with Gasteiger partial charge in [0, 0.05) is 11.7 Å². The third-order valence-corrected chi connectivity index (χ3v) is 6.01. The minimum atomic E-state index is -3.81. The van der Waals surface area contributed by atoms with Crippen molar-refractivity contribution < 1.29 is 22.7 Å². The van der Waals surface area contributed by atoms with Crippen LogP contribution in [-0.2, 0) is 30.8 Å². The number of fused-ring (bicyclic) bond motifs is 1. The Morgan fingerprint density at radius 1 is 1.21 bits per heavy atom. The van der Waals surface area contributed by atoms with E-state index in [0.717, 1.165) is 11.1 Å². The molecule has 1 aliphatic rings. The number of rotatable bonds is 6. The van der Waals surface area contributed by atoms with Crippen LogP contribution in [0.1, 0.15) is 37.3 Å². The minimum absolute atomic E-state index is 0.0119. The molecule has 3 rings (SSSR count). The Morgan fingerprint density at radius 3 is 2.52 bits per heavy atom. The number of benzene rings is 2. The zero-order chi connectivity index (χ0) is 21.2. The lowest BCUT2D eigenvalue weighted by Crippen LogP contribution is -2.39. The number of carbonyl (C=O) groups excluding carboxylic acids is 2. The summed E-state index contributed by atoms with van der Waals surface area (Å²) in [6.07, 6.45) is 1.07. The molecule has 29 heavy (non-hydrogen) atoms. The first-order valence-electron chi connectivity index (χ1n) is 9.41. The summed E-state index contributed by atoms with van der Waals surface area (Å²) in [6.45, 7) is 3.38. The van der Waals surface area contributed by atoms with Gasteiger partial charge in [-0.3, -0.25) is 9.59 Å². The zero-order valence-electron chi connectivity index (χ0n) is 16.4. The molecule has 7 nitrogen and oxygen atoms in total. The van der Waals surface area contributed by atoms with E-state index in [9.17, 15) is 18.0 Å². The van der Waals surface area contributed by atoms with Gasteiger partial charge in [0.2, 0.25) is 10.0 Å². The molecule has 0 saturated heterocycles. The topological polar surface area (TPSA) is 107 Å². The Hall–Kier alpha value is -2.71. The molecule has 1 heterocycles. The van der Waals surface area contributed by atoms with Gasteiger partial charge < -0.3 is 9.64 Å². The van der Waals surface area contributed by atoms with Gasteiger partial charge in [-0.15, -0.1) is 0 Å². The highest BCUT2D eigenvalue weighted by atomic mass is 32.2. The standard InChI is InChI=1S/C21H24N2O5S/c1-3-18(15-7-5-4-6-8-15)21(25)28-13-20(24)23-14(2)11-16-12-17(29(22,26)27)9-10-19(16)23/h4-10,12,14,18H,3,11,13H2,1-2H3,(H2,22,26,27). The number of carbonyl (C=O) groups is 2. The lowest BCUT2D eigenvalue weighted by atomic mass is 9.97. The van der Waals surface area contributed by atoms with E-state index >= 15 is 0 Å². The van der Waals surface area contributed by atoms with Crippen LogP contribution in [0.3, 0.4) is 0 Å². The third-order valence-electron chi connectivity index (χ3n) is 5.10. The van der Waals surface area contributed by atoms with E-state index < -0.39 is 21.9 Å². The summed E-state index contributed by atoms with van der Waals surface area (Å²) in [4.78, 5) is 26.8. The Balaban J connectivity index is 1.71. The van der Waals surface area contributed by atoms with Gasteiger partial charge in [-0.25, -0.2) is 13.6 Å². The van der Waals surface area contributed by atoms with Crippen LogP contribution in [0.25, 0.3) is 0 Å². The third kappa shape index (κ3) is 4.49. The first-order chi connectivity index (χ1) is 13.7. The fourth-order valence-electron chi connectivity index (χ4n) is 3.69. The first-order valence-corrected chi connectivity index (χ1v) is 11.0. The zero-order valence-corrected chi connectivity index (χ0v) is 17.2. The number of anilines is 1. The van der Waals surface area contributed by atoms with Crippen LogP contribution in [0, 0.1) is 0 Å². The van der Waals surface area contributed by atoms with E-state index in [1.54, 1.807) is 11.0 Å². The fourth-order valence-corrected chi connectivity index (χ4v) is 4.26. The average Bonchev–Trinajstić information content (AvgIpc) is 3.02. The molecule has 0 spiro atoms. The van der Waals surface area contributed by atoms with Crippen LogP contribution in [0.2, 0.25) is 0 Å². The molecule has 8 heteroatoms. The molecule has 1 aliphatic heterocycles. The monoisotopic (exact) mass is 416 g/mol. The number of nitrogens with zero attached hydrogens (tertiary/aromatic N) is 1. The van der Waals surface area contributed by atoms with Crippen molar-refractivity contribution in [2.24, 2.45) is 5.14 Å². The van der Waals surface area contributed by atoms with Gasteiger partial charge in [0.25, 0.3) is 5.91 Å². The largest absolute Gasteiger partial charge is 0.455 e. The van der Waals surface area contributed by atoms with Gasteiger partial charge in [0.1, 0.15) is 0 Å². The molecule has 2 N–H and O–H groups in total. The first kappa shape index (κ1) is 21.0. The number of primary sulfonamides is 1. The Labute approximate surface area is 170 Å². The molecule has 0 saturated carbocycles. The molecular formula is C21H24N2O5S. The van der Waals surface area contributed by atoms with Gasteiger partial charge >= 0.3 is 5.97 Å². The van der Waals surface area contributed by atoms with Crippen LogP contribution in [0.15, 0.2) is 53.4 Å². The lowest BCUT2D eigenvalue weighted by Gasteiger charge is -2.23. The second-order valence-electron chi connectivity index (χ2n) is 7.13. The average molecular weight is 416 g/mol. The summed E-state index contributed by atoms with van der Waals surface area (Å²) < 4.78 is 28.4. The number of nitrogens with two attached hydrogens (primary N) is 1. The van der Waals surface area contributed by atoms with E-state index in [-0.39, 0.29) is 23.5 Å². The maximum Gasteiger partial charge on any atom is 0.313 e. The molecule has 2 unspecified atom stereocenters. The van der Waals surface area contributed by atoms with Gasteiger partial charge in [0.15, 0.2) is 6.61 Å². The van der Waals surface area contributed by atoms with Crippen molar-refractivity contribution in [3.63, 3.8) is 0 Å². The smallest absolute Gasteiger partial charge is 0.313 e. The van der Waals surface area contributed by atoms with Gasteiger partial charge in [-0.2, -0.15) is 0 Å². The summed E-state index contributed by atoms with van der Waals surface area (Å²) in [5.74, 6) is -1.22. The van der Waals surface area contributed by atoms with Crippen molar-refractivity contribution in [2.75, 3.05) is 11.5 Å². The molecule has 0 aliphatic carbocycles. The van der Waals surface area contributed by atoms with Crippen LogP contribution in [0.5, 0.6) is 0 Å². The lowest BCUT2D eigenvalue weighted by molar-refractivity contribution is -0.149. The van der Waals surface area contributed by atoms with Crippen molar-refractivity contribution in [3.05, 3.63) is 59.7 Å². The summed E-state index contributed by atoms with van der Waals surface area (Å²) in [6, 6.07) is 13.6. The number of ether oxygens (including phenoxy) is 1. The van der Waals surface area contributed by atoms with Crippen molar-refractivity contribution in [3.8, 4) is 0 Å². The van der Waals surface area contributed by atoms with Crippen molar-refractivity contribution >= 4 is 27.6 Å². The van der Waals surface area contributed by atoms with Crippen LogP contribution >= 0.6 is 0 Å². The number of esters is 1. The van der Waals surface area contributed by atoms with Crippen molar-refractivity contribution in [1.29, 1.82) is 0 Å². The highest BCUT2D eigenvalue weighted by Gasteiger charge is 2.32. The summed E-state index contributed by atoms with van der Waals surface area (Å²) in [7, 11) is -3.81. The molecule has 0 aromatic heterocycles. The van der Waals surface area contributed by atoms with Crippen LogP contribution < -0.4 is 10.0 Å². The number of hydrogen-bond acceptors (Lipinski definition) is 5. The second kappa shape index (κ2) is 8.34. The predicted octanol–water partition coefficient (Wildman–Crippen LogP) is 2.35. The van der Waals surface area contributed by atoms with Gasteiger partial charge in [-0.1, -0.05) is 37.3 Å². The molecular weight excluding hydrogens is 392 g/mol. The molecule has 0 radical (unpaired) electrons. The normalized spacial score (nSPS) is 16.9. The molecule has 0 bridgehead atoms. The minimum Gasteiger partial charge on any atom is -0.455 e. The highest BCUT2D eigenvalue weighted by molar-refractivity contribution is 7.89. The van der Waals surface area contributed by atoms with Crippen LogP contribution in [-0.4, -0.2) is 32.9 Å².